The van der Waals surface area contributed by atoms with Crippen LogP contribution in [0, 0.1) is 0 Å². The third kappa shape index (κ3) is 1.86. The van der Waals surface area contributed by atoms with Crippen molar-refractivity contribution in [2.45, 2.75) is 6.10 Å². The Morgan fingerprint density at radius 2 is 2.30 bits per heavy atom. The highest BCUT2D eigenvalue weighted by atomic mass is 16.5. The van der Waals surface area contributed by atoms with Crippen molar-refractivity contribution in [2.75, 3.05) is 19.7 Å². The zero-order chi connectivity index (χ0) is 13.4. The third-order valence-corrected chi connectivity index (χ3v) is 3.21. The van der Waals surface area contributed by atoms with Gasteiger partial charge in [-0.2, -0.15) is 4.98 Å². The SMILES string of the molecule is c1nc(-c2nc(C3CNCCO3)no2)c2cc[nH]c2n1. The lowest BCUT2D eigenvalue weighted by Gasteiger charge is -2.20. The van der Waals surface area contributed by atoms with Gasteiger partial charge in [0.05, 0.1) is 12.0 Å². The zero-order valence-corrected chi connectivity index (χ0v) is 10.5. The van der Waals surface area contributed by atoms with E-state index in [1.807, 2.05) is 6.07 Å². The lowest BCUT2D eigenvalue weighted by atomic mass is 10.2. The third-order valence-electron chi connectivity index (χ3n) is 3.21. The van der Waals surface area contributed by atoms with Gasteiger partial charge in [0.15, 0.2) is 0 Å². The average molecular weight is 272 g/mol. The molecular formula is C12H12N6O2. The molecule has 1 atom stereocenters. The molecule has 3 aromatic rings. The molecule has 4 heterocycles. The van der Waals surface area contributed by atoms with E-state index < -0.39 is 0 Å². The molecule has 0 amide bonds. The van der Waals surface area contributed by atoms with Gasteiger partial charge in [0.2, 0.25) is 5.82 Å². The van der Waals surface area contributed by atoms with Gasteiger partial charge in [-0.05, 0) is 6.07 Å². The van der Waals surface area contributed by atoms with E-state index in [1.165, 1.54) is 6.33 Å². The summed E-state index contributed by atoms with van der Waals surface area (Å²) in [5.74, 6) is 0.913. The van der Waals surface area contributed by atoms with E-state index >= 15 is 0 Å². The molecule has 2 N–H and O–H groups in total. The van der Waals surface area contributed by atoms with Gasteiger partial charge in [-0.3, -0.25) is 0 Å². The van der Waals surface area contributed by atoms with E-state index in [-0.39, 0.29) is 6.10 Å². The van der Waals surface area contributed by atoms with Gasteiger partial charge in [0.1, 0.15) is 23.8 Å². The number of aromatic amines is 1. The first kappa shape index (κ1) is 11.5. The molecule has 0 radical (unpaired) electrons. The Labute approximate surface area is 113 Å². The molecule has 1 fully saturated rings. The van der Waals surface area contributed by atoms with Gasteiger partial charge in [-0.25, -0.2) is 9.97 Å². The smallest absolute Gasteiger partial charge is 0.277 e. The summed E-state index contributed by atoms with van der Waals surface area (Å²) < 4.78 is 10.9. The molecular weight excluding hydrogens is 260 g/mol. The van der Waals surface area contributed by atoms with Crippen molar-refractivity contribution < 1.29 is 9.26 Å². The van der Waals surface area contributed by atoms with Crippen LogP contribution >= 0.6 is 0 Å². The summed E-state index contributed by atoms with van der Waals surface area (Å²) in [5.41, 5.74) is 1.36. The first-order valence-corrected chi connectivity index (χ1v) is 6.36. The maximum atomic E-state index is 5.60. The molecule has 3 aromatic heterocycles. The summed E-state index contributed by atoms with van der Waals surface area (Å²) in [4.78, 5) is 15.8. The predicted octanol–water partition coefficient (Wildman–Crippen LogP) is 0.669. The lowest BCUT2D eigenvalue weighted by Crippen LogP contribution is -2.33. The number of ether oxygens (including phenoxy) is 1. The van der Waals surface area contributed by atoms with Crippen molar-refractivity contribution in [3.05, 3.63) is 24.4 Å². The standard InChI is InChI=1S/C12H12N6O2/c1-2-14-10-7(1)9(15-6-16-10)12-17-11(18-20-12)8-5-13-3-4-19-8/h1-2,6,8,13H,3-5H2,(H,14,15,16). The summed E-state index contributed by atoms with van der Waals surface area (Å²) in [6.07, 6.45) is 3.09. The Kier molecular flexibility index (Phi) is 2.68. The first-order chi connectivity index (χ1) is 9.92. The number of aromatic nitrogens is 5. The summed E-state index contributed by atoms with van der Waals surface area (Å²) in [6.45, 7) is 2.17. The van der Waals surface area contributed by atoms with Crippen molar-refractivity contribution in [1.82, 2.24) is 30.4 Å². The predicted molar refractivity (Wildman–Crippen MR) is 68.7 cm³/mol. The van der Waals surface area contributed by atoms with Crippen molar-refractivity contribution >= 4 is 11.0 Å². The van der Waals surface area contributed by atoms with Gasteiger partial charge in [0.25, 0.3) is 5.89 Å². The fourth-order valence-corrected chi connectivity index (χ4v) is 2.24. The molecule has 102 valence electrons. The number of morpholine rings is 1. The molecule has 1 aliphatic heterocycles. The first-order valence-electron chi connectivity index (χ1n) is 6.36. The monoisotopic (exact) mass is 272 g/mol. The number of H-pyrrole nitrogens is 1. The summed E-state index contributed by atoms with van der Waals surface area (Å²) in [7, 11) is 0. The van der Waals surface area contributed by atoms with Crippen LogP contribution in [0.15, 0.2) is 23.1 Å². The van der Waals surface area contributed by atoms with Crippen LogP contribution in [0.5, 0.6) is 0 Å². The van der Waals surface area contributed by atoms with Crippen LogP contribution in [-0.2, 0) is 4.74 Å². The second-order valence-electron chi connectivity index (χ2n) is 4.48. The molecule has 1 saturated heterocycles. The Morgan fingerprint density at radius 1 is 1.30 bits per heavy atom. The van der Waals surface area contributed by atoms with Gasteiger partial charge in [0, 0.05) is 19.3 Å². The fraction of sp³-hybridized carbons (Fsp3) is 0.333. The second-order valence-corrected chi connectivity index (χ2v) is 4.48. The second kappa shape index (κ2) is 4.66. The Bertz CT molecular complexity index is 730. The van der Waals surface area contributed by atoms with Gasteiger partial charge in [-0.15, -0.1) is 0 Å². The molecule has 1 aliphatic rings. The molecule has 8 nitrogen and oxygen atoms in total. The van der Waals surface area contributed by atoms with Crippen molar-refractivity contribution in [3.8, 4) is 11.6 Å². The van der Waals surface area contributed by atoms with Crippen LogP contribution in [0.2, 0.25) is 0 Å². The van der Waals surface area contributed by atoms with E-state index in [0.717, 1.165) is 17.6 Å². The quantitative estimate of drug-likeness (QED) is 0.706. The molecule has 0 saturated carbocycles. The van der Waals surface area contributed by atoms with Crippen LogP contribution in [0.25, 0.3) is 22.6 Å². The molecule has 0 bridgehead atoms. The van der Waals surface area contributed by atoms with Crippen LogP contribution in [0.3, 0.4) is 0 Å². The largest absolute Gasteiger partial charge is 0.367 e. The van der Waals surface area contributed by atoms with Crippen LogP contribution < -0.4 is 5.32 Å². The maximum absolute atomic E-state index is 5.60. The molecule has 20 heavy (non-hydrogen) atoms. The fourth-order valence-electron chi connectivity index (χ4n) is 2.24. The highest BCUT2D eigenvalue weighted by molar-refractivity contribution is 5.87. The van der Waals surface area contributed by atoms with E-state index in [2.05, 4.69) is 30.4 Å². The van der Waals surface area contributed by atoms with E-state index in [1.54, 1.807) is 6.20 Å². The molecule has 0 aromatic carbocycles. The summed E-state index contributed by atoms with van der Waals surface area (Å²) >= 11 is 0. The number of hydrogen-bond donors (Lipinski definition) is 2. The molecule has 0 aliphatic carbocycles. The van der Waals surface area contributed by atoms with Crippen LogP contribution in [0.4, 0.5) is 0 Å². The Morgan fingerprint density at radius 3 is 3.20 bits per heavy atom. The number of fused-ring (bicyclic) bond motifs is 1. The highest BCUT2D eigenvalue weighted by Crippen LogP contribution is 2.25. The lowest BCUT2D eigenvalue weighted by molar-refractivity contribution is 0.0208. The Balaban J connectivity index is 1.72. The summed E-state index contributed by atoms with van der Waals surface area (Å²) in [5, 5.41) is 8.07. The normalized spacial score (nSPS) is 19.5. The minimum atomic E-state index is -0.176. The summed E-state index contributed by atoms with van der Waals surface area (Å²) in [6, 6.07) is 1.88. The highest BCUT2D eigenvalue weighted by Gasteiger charge is 2.23. The van der Waals surface area contributed by atoms with Gasteiger partial charge < -0.3 is 19.6 Å². The minimum absolute atomic E-state index is 0.176. The topological polar surface area (TPSA) is 102 Å². The van der Waals surface area contributed by atoms with Crippen LogP contribution in [-0.4, -0.2) is 44.8 Å². The van der Waals surface area contributed by atoms with E-state index in [4.69, 9.17) is 9.26 Å². The zero-order valence-electron chi connectivity index (χ0n) is 10.5. The van der Waals surface area contributed by atoms with Crippen LogP contribution in [0.1, 0.15) is 11.9 Å². The number of nitrogens with zero attached hydrogens (tertiary/aromatic N) is 4. The van der Waals surface area contributed by atoms with Gasteiger partial charge >= 0.3 is 0 Å². The number of hydrogen-bond acceptors (Lipinski definition) is 7. The van der Waals surface area contributed by atoms with E-state index in [9.17, 15) is 0 Å². The number of rotatable bonds is 2. The van der Waals surface area contributed by atoms with E-state index in [0.29, 0.717) is 30.6 Å². The van der Waals surface area contributed by atoms with Crippen molar-refractivity contribution in [2.24, 2.45) is 0 Å². The average Bonchev–Trinajstić information content (AvgIpc) is 3.17. The van der Waals surface area contributed by atoms with Crippen molar-refractivity contribution in [3.63, 3.8) is 0 Å². The molecule has 1 unspecified atom stereocenters. The van der Waals surface area contributed by atoms with Gasteiger partial charge in [-0.1, -0.05) is 5.16 Å². The Hall–Kier alpha value is -2.32. The molecule has 0 spiro atoms. The molecule has 4 rings (SSSR count). The van der Waals surface area contributed by atoms with Crippen molar-refractivity contribution in [1.29, 1.82) is 0 Å². The molecule has 8 heteroatoms. The minimum Gasteiger partial charge on any atom is -0.367 e. The number of nitrogens with one attached hydrogen (secondary N) is 2. The maximum Gasteiger partial charge on any atom is 0.277 e.